The molecule has 3 rings (SSSR count). The van der Waals surface area contributed by atoms with E-state index in [9.17, 15) is 9.90 Å². The van der Waals surface area contributed by atoms with Crippen molar-refractivity contribution in [3.8, 4) is 11.4 Å². The summed E-state index contributed by atoms with van der Waals surface area (Å²) in [6, 6.07) is 7.64. The average Bonchev–Trinajstić information content (AvgIpc) is 3.07. The number of amides is 2. The van der Waals surface area contributed by atoms with Gasteiger partial charge in [-0.15, -0.1) is 0 Å². The predicted molar refractivity (Wildman–Crippen MR) is 80.9 cm³/mol. The van der Waals surface area contributed by atoms with Crippen LogP contribution < -0.4 is 5.32 Å². The number of nitrogens with one attached hydrogen (secondary N) is 2. The Morgan fingerprint density at radius 2 is 2.41 bits per heavy atom. The van der Waals surface area contributed by atoms with E-state index in [1.54, 1.807) is 4.90 Å². The van der Waals surface area contributed by atoms with Gasteiger partial charge in [-0.25, -0.2) is 9.78 Å². The first-order valence-electron chi connectivity index (χ1n) is 7.38. The topological polar surface area (TPSA) is 94.1 Å². The highest BCUT2D eigenvalue weighted by Gasteiger charge is 2.21. The van der Waals surface area contributed by atoms with E-state index < -0.39 is 6.10 Å². The van der Waals surface area contributed by atoms with E-state index in [2.05, 4.69) is 20.5 Å². The summed E-state index contributed by atoms with van der Waals surface area (Å²) in [7, 11) is 0. The molecule has 0 aliphatic carbocycles. The number of urea groups is 1. The van der Waals surface area contributed by atoms with Crippen molar-refractivity contribution in [2.75, 3.05) is 13.1 Å². The molecule has 0 bridgehead atoms. The predicted octanol–water partition coefficient (Wildman–Crippen LogP) is 1.14. The van der Waals surface area contributed by atoms with Crippen LogP contribution in [0.25, 0.3) is 11.4 Å². The quantitative estimate of drug-likeness (QED) is 0.792. The molecule has 1 atom stereocenters. The fourth-order valence-electron chi connectivity index (χ4n) is 2.60. The van der Waals surface area contributed by atoms with Gasteiger partial charge in [-0.1, -0.05) is 18.2 Å². The molecule has 116 valence electrons. The van der Waals surface area contributed by atoms with Gasteiger partial charge < -0.3 is 15.3 Å². The first-order valence-corrected chi connectivity index (χ1v) is 7.38. The summed E-state index contributed by atoms with van der Waals surface area (Å²) in [5.74, 6) is 0.701. The summed E-state index contributed by atoms with van der Waals surface area (Å²) in [6.45, 7) is 1.54. The zero-order valence-corrected chi connectivity index (χ0v) is 12.2. The van der Waals surface area contributed by atoms with E-state index in [1.807, 2.05) is 24.3 Å². The lowest BCUT2D eigenvalue weighted by atomic mass is 10.1. The van der Waals surface area contributed by atoms with Gasteiger partial charge in [0.2, 0.25) is 0 Å². The van der Waals surface area contributed by atoms with Crippen LogP contribution in [0.3, 0.4) is 0 Å². The van der Waals surface area contributed by atoms with Crippen LogP contribution >= 0.6 is 0 Å². The number of β-amino-alcohol motifs (C(OH)–C–C–N with tert-alkyl or cyclic N) is 1. The number of aliphatic hydroxyl groups is 1. The summed E-state index contributed by atoms with van der Waals surface area (Å²) in [6.07, 6.45) is 2.67. The number of carbonyl (C=O) groups excluding carboxylic acids is 1. The van der Waals surface area contributed by atoms with Crippen molar-refractivity contribution >= 4 is 6.03 Å². The Bertz CT molecular complexity index is 629. The van der Waals surface area contributed by atoms with Crippen LogP contribution in [0.5, 0.6) is 0 Å². The smallest absolute Gasteiger partial charge is 0.317 e. The molecular formula is C15H19N5O2. The van der Waals surface area contributed by atoms with Gasteiger partial charge in [-0.05, 0) is 24.5 Å². The number of aromatic nitrogens is 3. The number of aliphatic hydroxyl groups excluding tert-OH is 1. The molecule has 2 aromatic rings. The molecular weight excluding hydrogens is 282 g/mol. The number of likely N-dealkylation sites (tertiary alicyclic amines) is 1. The number of hydrogen-bond donors (Lipinski definition) is 3. The number of carbonyl (C=O) groups is 1. The molecule has 1 aromatic heterocycles. The number of piperidine rings is 1. The number of nitrogens with zero attached hydrogens (tertiary/aromatic N) is 3. The minimum atomic E-state index is -0.408. The fraction of sp³-hybridized carbons (Fsp3) is 0.400. The van der Waals surface area contributed by atoms with Gasteiger partial charge in [0.15, 0.2) is 5.82 Å². The largest absolute Gasteiger partial charge is 0.391 e. The molecule has 2 heterocycles. The van der Waals surface area contributed by atoms with Crippen LogP contribution in [0.2, 0.25) is 0 Å². The van der Waals surface area contributed by atoms with Crippen LogP contribution in [-0.2, 0) is 6.54 Å². The van der Waals surface area contributed by atoms with Gasteiger partial charge in [0.05, 0.1) is 6.10 Å². The molecule has 1 aliphatic rings. The second kappa shape index (κ2) is 6.57. The molecule has 1 saturated heterocycles. The summed E-state index contributed by atoms with van der Waals surface area (Å²) in [5.41, 5.74) is 1.91. The molecule has 7 heteroatoms. The normalized spacial score (nSPS) is 18.2. The summed E-state index contributed by atoms with van der Waals surface area (Å²) >= 11 is 0. The summed E-state index contributed by atoms with van der Waals surface area (Å²) in [4.78, 5) is 17.9. The van der Waals surface area contributed by atoms with E-state index in [-0.39, 0.29) is 6.03 Å². The Morgan fingerprint density at radius 1 is 1.50 bits per heavy atom. The lowest BCUT2D eigenvalue weighted by molar-refractivity contribution is 0.0842. The third-order valence-electron chi connectivity index (χ3n) is 3.74. The minimum absolute atomic E-state index is 0.135. The first kappa shape index (κ1) is 14.5. The van der Waals surface area contributed by atoms with Crippen LogP contribution in [-0.4, -0.2) is 50.4 Å². The highest BCUT2D eigenvalue weighted by molar-refractivity contribution is 5.74. The van der Waals surface area contributed by atoms with Crippen molar-refractivity contribution < 1.29 is 9.90 Å². The van der Waals surface area contributed by atoms with E-state index in [4.69, 9.17) is 0 Å². The van der Waals surface area contributed by atoms with Gasteiger partial charge in [0.25, 0.3) is 0 Å². The zero-order chi connectivity index (χ0) is 15.4. The van der Waals surface area contributed by atoms with Crippen LogP contribution in [0.4, 0.5) is 4.79 Å². The van der Waals surface area contributed by atoms with Gasteiger partial charge in [-0.2, -0.15) is 5.10 Å². The second-order valence-corrected chi connectivity index (χ2v) is 5.44. The standard InChI is InChI=1S/C15H19N5O2/c21-13-5-2-6-20(9-13)15(22)16-8-11-3-1-4-12(7-11)14-17-10-18-19-14/h1,3-4,7,10,13,21H,2,5-6,8-9H2,(H,16,22)(H,17,18,19). The molecule has 1 aliphatic heterocycles. The second-order valence-electron chi connectivity index (χ2n) is 5.44. The number of benzene rings is 1. The number of aromatic amines is 1. The van der Waals surface area contributed by atoms with Gasteiger partial charge >= 0.3 is 6.03 Å². The van der Waals surface area contributed by atoms with Gasteiger partial charge in [0, 0.05) is 25.2 Å². The maximum Gasteiger partial charge on any atom is 0.317 e. The minimum Gasteiger partial charge on any atom is -0.391 e. The molecule has 22 heavy (non-hydrogen) atoms. The molecule has 1 aromatic carbocycles. The number of H-pyrrole nitrogens is 1. The Hall–Kier alpha value is -2.41. The first-order chi connectivity index (χ1) is 10.7. The SMILES string of the molecule is O=C(NCc1cccc(-c2ncn[nH]2)c1)N1CCCC(O)C1. The van der Waals surface area contributed by atoms with E-state index in [0.717, 1.165) is 24.0 Å². The Balaban J connectivity index is 1.59. The van der Waals surface area contributed by atoms with Crippen molar-refractivity contribution in [1.29, 1.82) is 0 Å². The lowest BCUT2D eigenvalue weighted by Gasteiger charge is -2.30. The molecule has 0 spiro atoms. The van der Waals surface area contributed by atoms with E-state index >= 15 is 0 Å². The molecule has 1 unspecified atom stereocenters. The average molecular weight is 301 g/mol. The maximum absolute atomic E-state index is 12.1. The highest BCUT2D eigenvalue weighted by Crippen LogP contribution is 2.15. The molecule has 7 nitrogen and oxygen atoms in total. The summed E-state index contributed by atoms with van der Waals surface area (Å²) in [5, 5.41) is 19.2. The van der Waals surface area contributed by atoms with Crippen molar-refractivity contribution in [2.45, 2.75) is 25.5 Å². The van der Waals surface area contributed by atoms with Crippen molar-refractivity contribution in [3.63, 3.8) is 0 Å². The van der Waals surface area contributed by atoms with Gasteiger partial charge in [-0.3, -0.25) is 5.10 Å². The Labute approximate surface area is 128 Å². The maximum atomic E-state index is 12.1. The Kier molecular flexibility index (Phi) is 4.34. The molecule has 0 saturated carbocycles. The van der Waals surface area contributed by atoms with E-state index in [1.165, 1.54) is 6.33 Å². The van der Waals surface area contributed by atoms with Crippen molar-refractivity contribution in [3.05, 3.63) is 36.2 Å². The third-order valence-corrected chi connectivity index (χ3v) is 3.74. The Morgan fingerprint density at radius 3 is 3.18 bits per heavy atom. The monoisotopic (exact) mass is 301 g/mol. The van der Waals surface area contributed by atoms with Crippen molar-refractivity contribution in [1.82, 2.24) is 25.4 Å². The van der Waals surface area contributed by atoms with E-state index in [0.29, 0.717) is 25.5 Å². The van der Waals surface area contributed by atoms with Crippen LogP contribution in [0, 0.1) is 0 Å². The van der Waals surface area contributed by atoms with Crippen LogP contribution in [0.1, 0.15) is 18.4 Å². The third kappa shape index (κ3) is 3.43. The molecule has 2 amide bonds. The highest BCUT2D eigenvalue weighted by atomic mass is 16.3. The summed E-state index contributed by atoms with van der Waals surface area (Å²) < 4.78 is 0. The fourth-order valence-corrected chi connectivity index (χ4v) is 2.60. The molecule has 3 N–H and O–H groups in total. The van der Waals surface area contributed by atoms with Crippen molar-refractivity contribution in [2.24, 2.45) is 0 Å². The van der Waals surface area contributed by atoms with Gasteiger partial charge in [0.1, 0.15) is 6.33 Å². The zero-order valence-electron chi connectivity index (χ0n) is 12.2. The lowest BCUT2D eigenvalue weighted by Crippen LogP contribution is -2.46. The number of rotatable bonds is 3. The van der Waals surface area contributed by atoms with Crippen LogP contribution in [0.15, 0.2) is 30.6 Å². The number of hydrogen-bond acceptors (Lipinski definition) is 4. The molecule has 1 fully saturated rings. The molecule has 0 radical (unpaired) electrons.